The highest BCUT2D eigenvalue weighted by atomic mass is 127. The van der Waals surface area contributed by atoms with Crippen molar-refractivity contribution in [1.29, 1.82) is 0 Å². The van der Waals surface area contributed by atoms with Crippen LogP contribution in [-0.2, 0) is 24.1 Å². The number of aryl methyl sites for hydroxylation is 2. The number of benzene rings is 1. The van der Waals surface area contributed by atoms with E-state index in [0.29, 0.717) is 18.9 Å². The van der Waals surface area contributed by atoms with Crippen LogP contribution in [0.4, 0.5) is 0 Å². The zero-order valence-corrected chi connectivity index (χ0v) is 20.6. The minimum Gasteiger partial charge on any atom is -0.432 e. The summed E-state index contributed by atoms with van der Waals surface area (Å²) in [7, 11) is -2.36. The number of hydrogen-bond donors (Lipinski definition) is 2. The van der Waals surface area contributed by atoms with Crippen LogP contribution in [0.1, 0.15) is 31.0 Å². The third-order valence-corrected chi connectivity index (χ3v) is 9.12. The lowest BCUT2D eigenvalue weighted by molar-refractivity contribution is 0.0245. The molecule has 1 aliphatic heterocycles. The highest BCUT2D eigenvalue weighted by Crippen LogP contribution is 2.45. The number of rotatable bonds is 9. The lowest BCUT2D eigenvalue weighted by atomic mass is 9.95. The Morgan fingerprint density at radius 1 is 1.21 bits per heavy atom. The van der Waals surface area contributed by atoms with Gasteiger partial charge in [-0.1, -0.05) is 24.3 Å². The molecule has 3 rings (SSSR count). The Bertz CT molecular complexity index is 795. The van der Waals surface area contributed by atoms with Crippen molar-refractivity contribution >= 4 is 30.9 Å². The van der Waals surface area contributed by atoms with Crippen molar-refractivity contribution < 1.29 is 14.6 Å². The van der Waals surface area contributed by atoms with Crippen LogP contribution < -0.4 is 0 Å². The zero-order valence-electron chi connectivity index (χ0n) is 17.5. The smallest absolute Gasteiger partial charge is 0.188 e. The third-order valence-electron chi connectivity index (χ3n) is 5.92. The second kappa shape index (κ2) is 10.00. The molecule has 0 spiro atoms. The highest BCUT2D eigenvalue weighted by molar-refractivity contribution is 14.1. The number of hydrogen-bond acceptors (Lipinski definition) is 5. The number of ether oxygens (including phenoxy) is 1. The first-order chi connectivity index (χ1) is 13.8. The van der Waals surface area contributed by atoms with E-state index in [1.54, 1.807) is 0 Å². The molecule has 0 aliphatic carbocycles. The molecule has 1 aliphatic rings. The highest BCUT2D eigenvalue weighted by Gasteiger charge is 2.49. The molecule has 0 amide bonds. The second-order valence-corrected chi connectivity index (χ2v) is 13.9. The van der Waals surface area contributed by atoms with Crippen molar-refractivity contribution in [3.63, 3.8) is 0 Å². The molecule has 29 heavy (non-hydrogen) atoms. The molecule has 0 saturated carbocycles. The molecule has 0 bridgehead atoms. The Hall–Kier alpha value is -0.813. The van der Waals surface area contributed by atoms with Gasteiger partial charge in [-0.3, -0.25) is 4.68 Å². The Morgan fingerprint density at radius 3 is 2.69 bits per heavy atom. The van der Waals surface area contributed by atoms with Gasteiger partial charge in [-0.05, 0) is 78.6 Å². The molecule has 0 unspecified atom stereocenters. The number of halogens is 1. The summed E-state index contributed by atoms with van der Waals surface area (Å²) < 4.78 is 9.59. The molecule has 2 aromatic rings. The van der Waals surface area contributed by atoms with Gasteiger partial charge in [-0.15, -0.1) is 5.10 Å². The maximum atomic E-state index is 11.0. The summed E-state index contributed by atoms with van der Waals surface area (Å²) in [5.74, 6) is 0.343. The average Bonchev–Trinajstić information content (AvgIpc) is 3.22. The minimum atomic E-state index is -2.36. The van der Waals surface area contributed by atoms with E-state index in [1.807, 2.05) is 24.0 Å². The predicted octanol–water partition coefficient (Wildman–Crippen LogP) is 3.41. The molecule has 160 valence electrons. The molecule has 1 saturated heterocycles. The van der Waals surface area contributed by atoms with Gasteiger partial charge in [-0.2, -0.15) is 0 Å². The van der Waals surface area contributed by atoms with Crippen molar-refractivity contribution in [2.45, 2.75) is 70.0 Å². The first-order valence-corrected chi connectivity index (χ1v) is 14.5. The molecule has 2 N–H and O–H groups in total. The molecule has 8 heteroatoms. The summed E-state index contributed by atoms with van der Waals surface area (Å²) in [5, 5.41) is 17.3. The third kappa shape index (κ3) is 6.10. The molecule has 1 aromatic heterocycles. The van der Waals surface area contributed by atoms with Crippen molar-refractivity contribution in [3.8, 4) is 0 Å². The quantitative estimate of drug-likeness (QED) is 0.385. The lowest BCUT2D eigenvalue weighted by Gasteiger charge is -2.30. The number of aliphatic hydroxyl groups is 1. The Labute approximate surface area is 187 Å². The van der Waals surface area contributed by atoms with E-state index in [4.69, 9.17) is 9.84 Å². The normalized spacial score (nSPS) is 24.9. The second-order valence-electron chi connectivity index (χ2n) is 8.66. The molecule has 2 heterocycles. The van der Waals surface area contributed by atoms with Gasteiger partial charge in [0, 0.05) is 34.9 Å². The summed E-state index contributed by atoms with van der Waals surface area (Å²) in [4.78, 5) is 11.0. The van der Waals surface area contributed by atoms with Crippen molar-refractivity contribution in [2.24, 2.45) is 5.92 Å². The van der Waals surface area contributed by atoms with E-state index in [-0.39, 0.29) is 24.4 Å². The fourth-order valence-electron chi connectivity index (χ4n) is 4.62. The van der Waals surface area contributed by atoms with Crippen molar-refractivity contribution in [2.75, 3.05) is 6.61 Å². The Balaban J connectivity index is 1.63. The van der Waals surface area contributed by atoms with Crippen LogP contribution in [0.3, 0.4) is 0 Å². The lowest BCUT2D eigenvalue weighted by Crippen LogP contribution is -2.40. The van der Waals surface area contributed by atoms with E-state index in [1.165, 1.54) is 9.13 Å². The van der Waals surface area contributed by atoms with Gasteiger partial charge < -0.3 is 14.6 Å². The first-order valence-electron chi connectivity index (χ1n) is 10.4. The number of aliphatic hydroxyl groups excluding tert-OH is 1. The number of aromatic nitrogens is 3. The van der Waals surface area contributed by atoms with E-state index < -0.39 is 8.32 Å². The van der Waals surface area contributed by atoms with E-state index in [2.05, 4.69) is 64.1 Å². The van der Waals surface area contributed by atoms with Gasteiger partial charge in [0.15, 0.2) is 8.32 Å². The van der Waals surface area contributed by atoms with Crippen LogP contribution in [0, 0.1) is 9.49 Å². The van der Waals surface area contributed by atoms with Gasteiger partial charge in [0.05, 0.1) is 17.9 Å². The largest absolute Gasteiger partial charge is 0.432 e. The van der Waals surface area contributed by atoms with Crippen LogP contribution in [0.5, 0.6) is 0 Å². The van der Waals surface area contributed by atoms with Gasteiger partial charge in [0.1, 0.15) is 0 Å². The predicted molar refractivity (Wildman–Crippen MR) is 124 cm³/mol. The Morgan fingerprint density at radius 2 is 2.00 bits per heavy atom. The molecule has 1 fully saturated rings. The maximum Gasteiger partial charge on any atom is 0.188 e. The van der Waals surface area contributed by atoms with E-state index >= 15 is 0 Å². The molecular formula is C21H32IN3O3Si. The van der Waals surface area contributed by atoms with E-state index in [0.717, 1.165) is 25.0 Å². The zero-order chi connectivity index (χ0) is 21.0. The average molecular weight is 529 g/mol. The fourth-order valence-corrected chi connectivity index (χ4v) is 7.88. The van der Waals surface area contributed by atoms with Gasteiger partial charge in [0.25, 0.3) is 0 Å². The van der Waals surface area contributed by atoms with Crippen LogP contribution in [0.2, 0.25) is 18.6 Å². The minimum absolute atomic E-state index is 0.0445. The molecule has 1 aromatic carbocycles. The number of nitrogens with zero attached hydrogens (tertiary/aromatic N) is 3. The molecule has 6 nitrogen and oxygen atoms in total. The van der Waals surface area contributed by atoms with Gasteiger partial charge >= 0.3 is 0 Å². The van der Waals surface area contributed by atoms with Gasteiger partial charge in [0.2, 0.25) is 0 Å². The summed E-state index contributed by atoms with van der Waals surface area (Å²) in [5.41, 5.74) is 2.35. The van der Waals surface area contributed by atoms with Crippen molar-refractivity contribution in [1.82, 2.24) is 15.0 Å². The SMILES string of the molecule is C[C@H]1[C@H]([Si](C)(C)O)[C@@H](CCn2cc(CCO)nn2)O[C@H]1CCc1cccc(I)c1. The maximum absolute atomic E-state index is 11.0. The van der Waals surface area contributed by atoms with Crippen LogP contribution in [-0.4, -0.2) is 52.0 Å². The van der Waals surface area contributed by atoms with E-state index in [9.17, 15) is 4.80 Å². The fraction of sp³-hybridized carbons (Fsp3) is 0.619. The Kier molecular flexibility index (Phi) is 7.88. The monoisotopic (exact) mass is 529 g/mol. The summed E-state index contributed by atoms with van der Waals surface area (Å²) >= 11 is 2.35. The van der Waals surface area contributed by atoms with Crippen molar-refractivity contribution in [3.05, 3.63) is 45.3 Å². The molecule has 0 radical (unpaired) electrons. The summed E-state index contributed by atoms with van der Waals surface area (Å²) in [6.07, 6.45) is 5.41. The first kappa shape index (κ1) is 22.9. The standard InChI is InChI=1S/C21H32IN3O3Si/c1-15-19(8-7-16-5-4-6-17(22)13-16)28-20(21(15)29(2,3)27)9-11-25-14-18(10-12-26)23-24-25/h4-6,13-15,19-21,26-27H,7-12H2,1-3H3/t15-,19+,20-,21+/m1/s1. The van der Waals surface area contributed by atoms with Crippen LogP contribution in [0.15, 0.2) is 30.5 Å². The summed E-state index contributed by atoms with van der Waals surface area (Å²) in [6.45, 7) is 7.09. The molecular weight excluding hydrogens is 497 g/mol. The van der Waals surface area contributed by atoms with Crippen LogP contribution in [0.25, 0.3) is 0 Å². The summed E-state index contributed by atoms with van der Waals surface area (Å²) in [6, 6.07) is 8.63. The topological polar surface area (TPSA) is 80.4 Å². The van der Waals surface area contributed by atoms with Crippen LogP contribution >= 0.6 is 22.6 Å². The molecule has 4 atom stereocenters. The van der Waals surface area contributed by atoms with Gasteiger partial charge in [-0.25, -0.2) is 0 Å².